The number of benzene rings is 3. The predicted molar refractivity (Wildman–Crippen MR) is 144 cm³/mol. The highest BCUT2D eigenvalue weighted by atomic mass is 19.3. The average molecular weight is 509 g/mol. The highest BCUT2D eigenvalue weighted by molar-refractivity contribution is 6.04. The van der Waals surface area contributed by atoms with Crippen molar-refractivity contribution in [1.29, 1.82) is 0 Å². The molecule has 0 bridgehead atoms. The molecule has 0 aromatic heterocycles. The molecule has 2 atom stereocenters. The molecule has 2 unspecified atom stereocenters. The topological polar surface area (TPSA) is 67.8 Å². The van der Waals surface area contributed by atoms with Crippen LogP contribution < -0.4 is 10.1 Å². The average Bonchev–Trinajstić information content (AvgIpc) is 2.84. The Kier molecular flexibility index (Phi) is 8.46. The molecule has 0 radical (unpaired) electrons. The minimum absolute atomic E-state index is 0.0677. The van der Waals surface area contributed by atoms with E-state index in [1.165, 1.54) is 12.1 Å². The number of nitrogens with zero attached hydrogens (tertiary/aromatic N) is 1. The van der Waals surface area contributed by atoms with Gasteiger partial charge in [-0.05, 0) is 54.1 Å². The summed E-state index contributed by atoms with van der Waals surface area (Å²) >= 11 is 0. The number of halogens is 2. The summed E-state index contributed by atoms with van der Waals surface area (Å²) in [6, 6.07) is 14.5. The van der Waals surface area contributed by atoms with Gasteiger partial charge in [-0.2, -0.15) is 0 Å². The van der Waals surface area contributed by atoms with Crippen LogP contribution in [0.1, 0.15) is 74.6 Å². The summed E-state index contributed by atoms with van der Waals surface area (Å²) in [5.41, 5.74) is 1.35. The van der Waals surface area contributed by atoms with Crippen molar-refractivity contribution in [3.63, 3.8) is 0 Å². The molecule has 0 aliphatic carbocycles. The molecule has 5 nitrogen and oxygen atoms in total. The second kappa shape index (κ2) is 11.2. The fourth-order valence-electron chi connectivity index (χ4n) is 3.94. The van der Waals surface area contributed by atoms with E-state index >= 15 is 0 Å². The number of fused-ring (bicyclic) bond motifs is 1. The summed E-state index contributed by atoms with van der Waals surface area (Å²) in [6.07, 6.45) is 2.47. The second-order valence-electron chi connectivity index (χ2n) is 10.3. The fourth-order valence-corrected chi connectivity index (χ4v) is 3.94. The van der Waals surface area contributed by atoms with Crippen LogP contribution in [0.25, 0.3) is 10.8 Å². The molecule has 0 aliphatic rings. The molecule has 3 aromatic carbocycles. The van der Waals surface area contributed by atoms with Crippen LogP contribution in [-0.2, 0) is 17.3 Å². The number of nitrogens with one attached hydrogen (secondary N) is 1. The van der Waals surface area contributed by atoms with Crippen molar-refractivity contribution in [2.24, 2.45) is 10.4 Å². The predicted octanol–water partition coefficient (Wildman–Crippen LogP) is 7.03. The molecule has 1 amide bonds. The van der Waals surface area contributed by atoms with E-state index < -0.39 is 23.3 Å². The van der Waals surface area contributed by atoms with E-state index in [9.17, 15) is 18.4 Å². The Hall–Kier alpha value is -3.61. The number of hydrogen-bond acceptors (Lipinski definition) is 4. The van der Waals surface area contributed by atoms with Crippen LogP contribution in [0.5, 0.6) is 5.75 Å². The first-order valence-corrected chi connectivity index (χ1v) is 12.3. The van der Waals surface area contributed by atoms with Crippen molar-refractivity contribution in [2.75, 3.05) is 0 Å². The zero-order valence-electron chi connectivity index (χ0n) is 22.1. The van der Waals surface area contributed by atoms with Gasteiger partial charge in [-0.1, -0.05) is 63.2 Å². The Morgan fingerprint density at radius 2 is 1.70 bits per heavy atom. The van der Waals surface area contributed by atoms with Gasteiger partial charge in [0.25, 0.3) is 11.8 Å². The van der Waals surface area contributed by atoms with E-state index in [4.69, 9.17) is 4.74 Å². The second-order valence-corrected chi connectivity index (χ2v) is 10.3. The number of amides is 1. The standard InChI is InChI=1S/C30H34F2N2O3/c1-7-33-19(2)22-11-10-21-12-15-24(28(36)34-26(17-35)29(3,4)5)27(25(21)16-22)37-18-20-8-13-23(14-9-20)30(6,31)32/h7-17,19,26H,18H2,1-6H3,(H,34,36). The third-order valence-electron chi connectivity index (χ3n) is 6.30. The molecule has 3 aromatic rings. The Bertz CT molecular complexity index is 1290. The van der Waals surface area contributed by atoms with Crippen LogP contribution in [-0.4, -0.2) is 24.4 Å². The van der Waals surface area contributed by atoms with Crippen LogP contribution in [0.15, 0.2) is 59.6 Å². The monoisotopic (exact) mass is 508 g/mol. The quantitative estimate of drug-likeness (QED) is 0.249. The Morgan fingerprint density at radius 1 is 1.05 bits per heavy atom. The Balaban J connectivity index is 2.05. The largest absolute Gasteiger partial charge is 0.487 e. The maximum absolute atomic E-state index is 13.6. The summed E-state index contributed by atoms with van der Waals surface area (Å²) < 4.78 is 33.4. The molecule has 0 aliphatic heterocycles. The Morgan fingerprint density at radius 3 is 2.27 bits per heavy atom. The third kappa shape index (κ3) is 6.79. The van der Waals surface area contributed by atoms with Crippen LogP contribution in [0.4, 0.5) is 8.78 Å². The Labute approximate surface area is 216 Å². The molecule has 0 fully saturated rings. The van der Waals surface area contributed by atoms with Crippen molar-refractivity contribution in [1.82, 2.24) is 5.32 Å². The van der Waals surface area contributed by atoms with Crippen LogP contribution >= 0.6 is 0 Å². The molecular formula is C30H34F2N2O3. The number of carbonyl (C=O) groups is 2. The molecule has 37 heavy (non-hydrogen) atoms. The number of alkyl halides is 2. The lowest BCUT2D eigenvalue weighted by Gasteiger charge is -2.27. The first kappa shape index (κ1) is 28.0. The minimum atomic E-state index is -2.93. The molecule has 3 rings (SSSR count). The first-order valence-electron chi connectivity index (χ1n) is 12.3. The van der Waals surface area contributed by atoms with Gasteiger partial charge in [0.1, 0.15) is 18.6 Å². The normalized spacial score (nSPS) is 13.9. The lowest BCUT2D eigenvalue weighted by Crippen LogP contribution is -2.44. The number of rotatable bonds is 9. The smallest absolute Gasteiger partial charge is 0.270 e. The molecule has 1 N–H and O–H groups in total. The molecule has 0 saturated carbocycles. The molecule has 7 heteroatoms. The van der Waals surface area contributed by atoms with Gasteiger partial charge in [-0.15, -0.1) is 0 Å². The molecular weight excluding hydrogens is 474 g/mol. The first-order chi connectivity index (χ1) is 17.3. The maximum atomic E-state index is 13.6. The van der Waals surface area contributed by atoms with E-state index in [2.05, 4.69) is 10.3 Å². The van der Waals surface area contributed by atoms with Crippen molar-refractivity contribution in [3.05, 3.63) is 76.9 Å². The maximum Gasteiger partial charge on any atom is 0.270 e. The lowest BCUT2D eigenvalue weighted by atomic mass is 9.87. The van der Waals surface area contributed by atoms with Gasteiger partial charge in [0, 0.05) is 17.9 Å². The number of aliphatic imine (C=N–C) groups is 1. The van der Waals surface area contributed by atoms with Gasteiger partial charge in [-0.3, -0.25) is 9.79 Å². The zero-order chi connectivity index (χ0) is 27.4. The van der Waals surface area contributed by atoms with Crippen molar-refractivity contribution < 1.29 is 23.1 Å². The van der Waals surface area contributed by atoms with E-state index in [-0.39, 0.29) is 23.8 Å². The van der Waals surface area contributed by atoms with Gasteiger partial charge in [-0.25, -0.2) is 8.78 Å². The summed E-state index contributed by atoms with van der Waals surface area (Å²) in [5, 5.41) is 4.40. The zero-order valence-corrected chi connectivity index (χ0v) is 22.1. The minimum Gasteiger partial charge on any atom is -0.487 e. The SMILES string of the molecule is CC=NC(C)c1ccc2ccc(C(=O)NC(C=O)C(C)(C)C)c(OCc3ccc(C(C)(F)F)cc3)c2c1. The summed E-state index contributed by atoms with van der Waals surface area (Å²) in [5.74, 6) is -3.01. The summed E-state index contributed by atoms with van der Waals surface area (Å²) in [7, 11) is 0. The number of aldehydes is 1. The third-order valence-corrected chi connectivity index (χ3v) is 6.30. The highest BCUT2D eigenvalue weighted by Gasteiger charge is 2.28. The molecule has 0 spiro atoms. The number of carbonyl (C=O) groups excluding carboxylic acids is 2. The summed E-state index contributed by atoms with van der Waals surface area (Å²) in [6.45, 7) is 10.4. The van der Waals surface area contributed by atoms with Crippen LogP contribution in [0.2, 0.25) is 0 Å². The van der Waals surface area contributed by atoms with E-state index in [0.29, 0.717) is 11.3 Å². The van der Waals surface area contributed by atoms with Gasteiger partial charge in [0.15, 0.2) is 0 Å². The van der Waals surface area contributed by atoms with Crippen molar-refractivity contribution >= 4 is 29.2 Å². The van der Waals surface area contributed by atoms with Gasteiger partial charge >= 0.3 is 0 Å². The van der Waals surface area contributed by atoms with E-state index in [1.54, 1.807) is 24.4 Å². The van der Waals surface area contributed by atoms with Gasteiger partial charge in [0.05, 0.1) is 17.6 Å². The van der Waals surface area contributed by atoms with Crippen LogP contribution in [0, 0.1) is 5.41 Å². The number of hydrogen-bond donors (Lipinski definition) is 1. The fraction of sp³-hybridized carbons (Fsp3) is 0.367. The lowest BCUT2D eigenvalue weighted by molar-refractivity contribution is -0.111. The van der Waals surface area contributed by atoms with Gasteiger partial charge in [0.2, 0.25) is 0 Å². The van der Waals surface area contributed by atoms with E-state index in [1.807, 2.05) is 58.9 Å². The van der Waals surface area contributed by atoms with Gasteiger partial charge < -0.3 is 14.8 Å². The van der Waals surface area contributed by atoms with Crippen LogP contribution in [0.3, 0.4) is 0 Å². The molecule has 0 saturated heterocycles. The molecule has 0 heterocycles. The summed E-state index contributed by atoms with van der Waals surface area (Å²) in [4.78, 5) is 29.5. The van der Waals surface area contributed by atoms with Crippen molar-refractivity contribution in [2.45, 2.75) is 66.2 Å². The number of ether oxygens (including phenoxy) is 1. The van der Waals surface area contributed by atoms with E-state index in [0.717, 1.165) is 29.5 Å². The molecule has 196 valence electrons. The van der Waals surface area contributed by atoms with Crippen molar-refractivity contribution in [3.8, 4) is 5.75 Å². The highest BCUT2D eigenvalue weighted by Crippen LogP contribution is 2.34.